The first-order chi connectivity index (χ1) is 11.5. The van der Waals surface area contributed by atoms with E-state index in [1.807, 2.05) is 0 Å². The molecule has 0 aromatic heterocycles. The number of ether oxygens (including phenoxy) is 2. The van der Waals surface area contributed by atoms with E-state index in [9.17, 15) is 18.4 Å². The Labute approximate surface area is 141 Å². The molecule has 126 valence electrons. The molecule has 0 heterocycles. The highest BCUT2D eigenvalue weighted by atomic mass is 35.5. The van der Waals surface area contributed by atoms with Gasteiger partial charge in [0.25, 0.3) is 5.91 Å². The molecule has 0 aliphatic rings. The van der Waals surface area contributed by atoms with Crippen LogP contribution in [-0.2, 0) is 9.53 Å². The van der Waals surface area contributed by atoms with Crippen molar-refractivity contribution in [3.8, 4) is 5.75 Å². The highest BCUT2D eigenvalue weighted by Gasteiger charge is 2.17. The van der Waals surface area contributed by atoms with Crippen molar-refractivity contribution in [3.63, 3.8) is 0 Å². The van der Waals surface area contributed by atoms with Crippen LogP contribution in [0.2, 0.25) is 5.02 Å². The molecule has 0 aliphatic heterocycles. The predicted molar refractivity (Wildman–Crippen MR) is 83.4 cm³/mol. The van der Waals surface area contributed by atoms with Crippen LogP contribution in [0.1, 0.15) is 10.4 Å². The highest BCUT2D eigenvalue weighted by Crippen LogP contribution is 2.22. The SMILES string of the molecule is O=C(COC(=O)c1ccccc1OC(F)F)Nc1ccccc1Cl. The maximum atomic E-state index is 12.3. The van der Waals surface area contributed by atoms with Crippen molar-refractivity contribution in [1.82, 2.24) is 0 Å². The average molecular weight is 356 g/mol. The molecule has 2 rings (SSSR count). The fourth-order valence-electron chi connectivity index (χ4n) is 1.79. The molecule has 0 aliphatic carbocycles. The second-order valence-electron chi connectivity index (χ2n) is 4.48. The lowest BCUT2D eigenvalue weighted by Crippen LogP contribution is -2.21. The third-order valence-electron chi connectivity index (χ3n) is 2.81. The minimum Gasteiger partial charge on any atom is -0.452 e. The molecule has 5 nitrogen and oxygen atoms in total. The Balaban J connectivity index is 1.96. The standard InChI is InChI=1S/C16H12ClF2NO4/c17-11-6-2-3-7-12(11)20-14(21)9-23-15(22)10-5-1-4-8-13(10)24-16(18)19/h1-8,16H,9H2,(H,20,21). The summed E-state index contributed by atoms with van der Waals surface area (Å²) in [4.78, 5) is 23.7. The number of rotatable bonds is 6. The van der Waals surface area contributed by atoms with E-state index in [2.05, 4.69) is 10.1 Å². The molecule has 2 aromatic rings. The van der Waals surface area contributed by atoms with Gasteiger partial charge in [-0.05, 0) is 24.3 Å². The lowest BCUT2D eigenvalue weighted by Gasteiger charge is -2.11. The van der Waals surface area contributed by atoms with Crippen molar-refractivity contribution in [2.45, 2.75) is 6.61 Å². The summed E-state index contributed by atoms with van der Waals surface area (Å²) in [5.41, 5.74) is 0.157. The van der Waals surface area contributed by atoms with Gasteiger partial charge < -0.3 is 14.8 Å². The maximum Gasteiger partial charge on any atom is 0.387 e. The zero-order valence-electron chi connectivity index (χ0n) is 12.2. The van der Waals surface area contributed by atoms with Crippen LogP contribution in [0, 0.1) is 0 Å². The zero-order valence-corrected chi connectivity index (χ0v) is 12.9. The summed E-state index contributed by atoms with van der Waals surface area (Å²) < 4.78 is 33.7. The number of alkyl halides is 2. The smallest absolute Gasteiger partial charge is 0.387 e. The Morgan fingerprint density at radius 1 is 1.08 bits per heavy atom. The summed E-state index contributed by atoms with van der Waals surface area (Å²) >= 11 is 5.89. The largest absolute Gasteiger partial charge is 0.452 e. The number of anilines is 1. The quantitative estimate of drug-likeness (QED) is 0.802. The van der Waals surface area contributed by atoms with Crippen molar-refractivity contribution in [1.29, 1.82) is 0 Å². The summed E-state index contributed by atoms with van der Waals surface area (Å²) in [5.74, 6) is -1.91. The van der Waals surface area contributed by atoms with Crippen molar-refractivity contribution in [2.75, 3.05) is 11.9 Å². The second kappa shape index (κ2) is 8.26. The van der Waals surface area contributed by atoms with Gasteiger partial charge in [-0.1, -0.05) is 35.9 Å². The number of hydrogen-bond donors (Lipinski definition) is 1. The topological polar surface area (TPSA) is 64.6 Å². The molecule has 0 fully saturated rings. The molecule has 0 radical (unpaired) electrons. The van der Waals surface area contributed by atoms with Crippen molar-refractivity contribution >= 4 is 29.2 Å². The molecular formula is C16H12ClF2NO4. The second-order valence-corrected chi connectivity index (χ2v) is 4.89. The van der Waals surface area contributed by atoms with Gasteiger partial charge in [-0.2, -0.15) is 8.78 Å². The number of para-hydroxylation sites is 2. The minimum absolute atomic E-state index is 0.205. The number of carbonyl (C=O) groups is 2. The molecule has 1 N–H and O–H groups in total. The summed E-state index contributed by atoms with van der Waals surface area (Å²) in [7, 11) is 0. The molecule has 24 heavy (non-hydrogen) atoms. The lowest BCUT2D eigenvalue weighted by atomic mass is 10.2. The van der Waals surface area contributed by atoms with Crippen molar-refractivity contribution < 1.29 is 27.8 Å². The summed E-state index contributed by atoms with van der Waals surface area (Å²) in [6.07, 6.45) is 0. The fraction of sp³-hybridized carbons (Fsp3) is 0.125. The van der Waals surface area contributed by atoms with Gasteiger partial charge in [0, 0.05) is 0 Å². The molecule has 0 atom stereocenters. The van der Waals surface area contributed by atoms with E-state index >= 15 is 0 Å². The number of benzene rings is 2. The van der Waals surface area contributed by atoms with Crippen LogP contribution in [0.3, 0.4) is 0 Å². The zero-order chi connectivity index (χ0) is 17.5. The normalized spacial score (nSPS) is 10.3. The number of nitrogens with one attached hydrogen (secondary N) is 1. The van der Waals surface area contributed by atoms with Crippen LogP contribution in [-0.4, -0.2) is 25.1 Å². The maximum absolute atomic E-state index is 12.3. The third kappa shape index (κ3) is 4.92. The number of esters is 1. The Bertz CT molecular complexity index is 740. The third-order valence-corrected chi connectivity index (χ3v) is 3.13. The molecule has 0 unspecified atom stereocenters. The molecule has 2 aromatic carbocycles. The molecule has 0 bridgehead atoms. The number of carbonyl (C=O) groups excluding carboxylic acids is 2. The molecular weight excluding hydrogens is 344 g/mol. The molecule has 0 spiro atoms. The van der Waals surface area contributed by atoms with Gasteiger partial charge in [0.05, 0.1) is 10.7 Å². The number of amides is 1. The summed E-state index contributed by atoms with van der Waals surface area (Å²) in [6.45, 7) is -3.69. The van der Waals surface area contributed by atoms with Crippen LogP contribution in [0.5, 0.6) is 5.75 Å². The molecule has 0 saturated heterocycles. The van der Waals surface area contributed by atoms with Gasteiger partial charge in [0.15, 0.2) is 6.61 Å². The highest BCUT2D eigenvalue weighted by molar-refractivity contribution is 6.33. The first-order valence-electron chi connectivity index (χ1n) is 6.72. The Morgan fingerprint density at radius 3 is 2.46 bits per heavy atom. The van der Waals surface area contributed by atoms with E-state index in [0.717, 1.165) is 0 Å². The van der Waals surface area contributed by atoms with Crippen molar-refractivity contribution in [2.24, 2.45) is 0 Å². The van der Waals surface area contributed by atoms with Gasteiger partial charge >= 0.3 is 12.6 Å². The van der Waals surface area contributed by atoms with Crippen LogP contribution < -0.4 is 10.1 Å². The Hall–Kier alpha value is -2.67. The van der Waals surface area contributed by atoms with Crippen LogP contribution >= 0.6 is 11.6 Å². The van der Waals surface area contributed by atoms with Gasteiger partial charge in [0.2, 0.25) is 0 Å². The predicted octanol–water partition coefficient (Wildman–Crippen LogP) is 3.74. The van der Waals surface area contributed by atoms with E-state index in [1.54, 1.807) is 24.3 Å². The van der Waals surface area contributed by atoms with Crippen LogP contribution in [0.15, 0.2) is 48.5 Å². The van der Waals surface area contributed by atoms with E-state index in [-0.39, 0.29) is 11.3 Å². The average Bonchev–Trinajstić information content (AvgIpc) is 2.55. The van der Waals surface area contributed by atoms with E-state index in [0.29, 0.717) is 10.7 Å². The molecule has 8 heteroatoms. The van der Waals surface area contributed by atoms with Gasteiger partial charge in [-0.25, -0.2) is 4.79 Å². The Kier molecular flexibility index (Phi) is 6.08. The van der Waals surface area contributed by atoms with Crippen molar-refractivity contribution in [3.05, 3.63) is 59.1 Å². The fourth-order valence-corrected chi connectivity index (χ4v) is 1.97. The number of halogens is 3. The van der Waals surface area contributed by atoms with Gasteiger partial charge in [0.1, 0.15) is 11.3 Å². The summed E-state index contributed by atoms with van der Waals surface area (Å²) in [6, 6.07) is 11.9. The first-order valence-corrected chi connectivity index (χ1v) is 7.10. The Morgan fingerprint density at radius 2 is 1.75 bits per heavy atom. The lowest BCUT2D eigenvalue weighted by molar-refractivity contribution is -0.119. The molecule has 1 amide bonds. The van der Waals surface area contributed by atoms with Gasteiger partial charge in [-0.3, -0.25) is 4.79 Å². The van der Waals surface area contributed by atoms with E-state index in [4.69, 9.17) is 16.3 Å². The van der Waals surface area contributed by atoms with E-state index in [1.165, 1.54) is 24.3 Å². The number of hydrogen-bond acceptors (Lipinski definition) is 4. The van der Waals surface area contributed by atoms with Crippen LogP contribution in [0.25, 0.3) is 0 Å². The van der Waals surface area contributed by atoms with E-state index < -0.39 is 25.1 Å². The van der Waals surface area contributed by atoms with Crippen LogP contribution in [0.4, 0.5) is 14.5 Å². The van der Waals surface area contributed by atoms with Gasteiger partial charge in [-0.15, -0.1) is 0 Å². The molecule has 0 saturated carbocycles. The summed E-state index contributed by atoms with van der Waals surface area (Å²) in [5, 5.41) is 2.79. The minimum atomic E-state index is -3.08. The first kappa shape index (κ1) is 17.7. The monoisotopic (exact) mass is 355 g/mol.